The van der Waals surface area contributed by atoms with Crippen LogP contribution in [0, 0.1) is 0 Å². The normalized spacial score (nSPS) is 9.38. The number of nitrogens with zero attached hydrogens (tertiary/aromatic N) is 2. The van der Waals surface area contributed by atoms with E-state index in [1.807, 2.05) is 0 Å². The minimum Gasteiger partial charge on any atom is -0.295 e. The fourth-order valence-corrected chi connectivity index (χ4v) is 0.732. The average molecular weight is 179 g/mol. The van der Waals surface area contributed by atoms with Gasteiger partial charge in [0.15, 0.2) is 5.78 Å². The first kappa shape index (κ1) is 9.31. The van der Waals surface area contributed by atoms with Crippen molar-refractivity contribution in [3.8, 4) is 0 Å². The van der Waals surface area contributed by atoms with E-state index < -0.39 is 0 Å². The first-order chi connectivity index (χ1) is 6.09. The molecule has 0 saturated carbocycles. The first-order valence-electron chi connectivity index (χ1n) is 3.70. The number of amides is 1. The molecular weight excluding hydrogens is 170 g/mol. The smallest absolute Gasteiger partial charge is 0.229 e. The van der Waals surface area contributed by atoms with Gasteiger partial charge in [0.25, 0.3) is 0 Å². The van der Waals surface area contributed by atoms with E-state index in [4.69, 9.17) is 0 Å². The number of carbonyl (C=O) groups excluding carboxylic acids is 2. The number of anilines is 1. The van der Waals surface area contributed by atoms with E-state index in [-0.39, 0.29) is 17.6 Å². The number of hydrogen-bond acceptors (Lipinski definition) is 4. The Morgan fingerprint density at radius 1 is 1.23 bits per heavy atom. The van der Waals surface area contributed by atoms with Crippen molar-refractivity contribution in [2.75, 3.05) is 5.32 Å². The molecule has 0 aliphatic rings. The fourth-order valence-electron chi connectivity index (χ4n) is 0.732. The third-order valence-corrected chi connectivity index (χ3v) is 1.35. The second-order valence-corrected chi connectivity index (χ2v) is 2.53. The maximum absolute atomic E-state index is 10.8. The molecule has 13 heavy (non-hydrogen) atoms. The summed E-state index contributed by atoms with van der Waals surface area (Å²) in [6, 6.07) is 0. The molecule has 0 fully saturated rings. The fraction of sp³-hybridized carbons (Fsp3) is 0.250. The number of nitrogens with one attached hydrogen (secondary N) is 1. The summed E-state index contributed by atoms with van der Waals surface area (Å²) in [6.45, 7) is 2.79. The molecule has 1 aromatic rings. The molecule has 0 aliphatic carbocycles. The van der Waals surface area contributed by atoms with Crippen molar-refractivity contribution in [3.63, 3.8) is 0 Å². The molecule has 0 spiro atoms. The zero-order valence-electron chi connectivity index (χ0n) is 7.37. The standard InChI is InChI=1S/C8H9N3O2/c1-5(12)7-3-9-8(10-4-7)11-6(2)13/h3-4H,1-2H3,(H,9,10,11,13). The number of carbonyl (C=O) groups is 2. The van der Waals surface area contributed by atoms with Crippen molar-refractivity contribution in [1.82, 2.24) is 9.97 Å². The number of Topliss-reactive ketones (excluding diaryl/α,β-unsaturated/α-hetero) is 1. The van der Waals surface area contributed by atoms with E-state index in [0.717, 1.165) is 0 Å². The molecule has 0 aromatic carbocycles. The van der Waals surface area contributed by atoms with Crippen LogP contribution >= 0.6 is 0 Å². The molecule has 0 saturated heterocycles. The van der Waals surface area contributed by atoms with Gasteiger partial charge in [0, 0.05) is 19.3 Å². The summed E-state index contributed by atoms with van der Waals surface area (Å²) in [4.78, 5) is 28.9. The molecule has 5 nitrogen and oxygen atoms in total. The second kappa shape index (κ2) is 3.75. The predicted octanol–water partition coefficient (Wildman–Crippen LogP) is 0.638. The van der Waals surface area contributed by atoms with E-state index in [2.05, 4.69) is 15.3 Å². The minimum absolute atomic E-state index is 0.102. The topological polar surface area (TPSA) is 72.0 Å². The van der Waals surface area contributed by atoms with Gasteiger partial charge in [-0.1, -0.05) is 0 Å². The molecule has 0 unspecified atom stereocenters. The zero-order valence-corrected chi connectivity index (χ0v) is 7.37. The quantitative estimate of drug-likeness (QED) is 0.676. The van der Waals surface area contributed by atoms with Gasteiger partial charge < -0.3 is 0 Å². The van der Waals surface area contributed by atoms with Crippen LogP contribution in [0.15, 0.2) is 12.4 Å². The predicted molar refractivity (Wildman–Crippen MR) is 46.3 cm³/mol. The van der Waals surface area contributed by atoms with Gasteiger partial charge >= 0.3 is 0 Å². The first-order valence-corrected chi connectivity index (χ1v) is 3.70. The number of rotatable bonds is 2. The number of ketones is 1. The van der Waals surface area contributed by atoms with Gasteiger partial charge in [0.1, 0.15) is 0 Å². The summed E-state index contributed by atoms with van der Waals surface area (Å²) < 4.78 is 0. The van der Waals surface area contributed by atoms with Gasteiger partial charge in [-0.25, -0.2) is 9.97 Å². The minimum atomic E-state index is -0.240. The van der Waals surface area contributed by atoms with Crippen LogP contribution in [0.5, 0.6) is 0 Å². The van der Waals surface area contributed by atoms with Gasteiger partial charge in [-0.3, -0.25) is 14.9 Å². The van der Waals surface area contributed by atoms with Crippen molar-refractivity contribution in [2.45, 2.75) is 13.8 Å². The average Bonchev–Trinajstić information content (AvgIpc) is 2.04. The summed E-state index contributed by atoms with van der Waals surface area (Å²) in [5.74, 6) is -0.137. The van der Waals surface area contributed by atoms with Gasteiger partial charge in [0.2, 0.25) is 11.9 Å². The Kier molecular flexibility index (Phi) is 2.69. The summed E-state index contributed by atoms with van der Waals surface area (Å²) in [5, 5.41) is 2.40. The molecule has 1 rings (SSSR count). The largest absolute Gasteiger partial charge is 0.295 e. The third kappa shape index (κ3) is 2.62. The molecule has 0 aliphatic heterocycles. The summed E-state index contributed by atoms with van der Waals surface area (Å²) in [5.41, 5.74) is 0.425. The lowest BCUT2D eigenvalue weighted by atomic mass is 10.2. The van der Waals surface area contributed by atoms with Crippen LogP contribution in [0.2, 0.25) is 0 Å². The molecule has 1 N–H and O–H groups in total. The van der Waals surface area contributed by atoms with E-state index in [9.17, 15) is 9.59 Å². The maximum Gasteiger partial charge on any atom is 0.229 e. The van der Waals surface area contributed by atoms with Crippen LogP contribution in [-0.2, 0) is 4.79 Å². The van der Waals surface area contributed by atoms with Crippen molar-refractivity contribution < 1.29 is 9.59 Å². The van der Waals surface area contributed by atoms with Crippen LogP contribution in [0.4, 0.5) is 5.95 Å². The molecule has 68 valence electrons. The Bertz CT molecular complexity index is 332. The van der Waals surface area contributed by atoms with Crippen molar-refractivity contribution >= 4 is 17.6 Å². The monoisotopic (exact) mass is 179 g/mol. The Morgan fingerprint density at radius 2 is 1.77 bits per heavy atom. The Balaban J connectivity index is 2.81. The lowest BCUT2D eigenvalue weighted by Crippen LogP contribution is -2.09. The zero-order chi connectivity index (χ0) is 9.84. The highest BCUT2D eigenvalue weighted by Crippen LogP contribution is 2.00. The molecular formula is C8H9N3O2. The van der Waals surface area contributed by atoms with Crippen LogP contribution in [0.1, 0.15) is 24.2 Å². The molecule has 0 radical (unpaired) electrons. The van der Waals surface area contributed by atoms with Crippen molar-refractivity contribution in [2.24, 2.45) is 0 Å². The lowest BCUT2D eigenvalue weighted by Gasteiger charge is -1.99. The summed E-state index contributed by atoms with van der Waals surface area (Å²) >= 11 is 0. The van der Waals surface area contributed by atoms with Gasteiger partial charge in [-0.05, 0) is 6.92 Å². The Labute approximate surface area is 75.2 Å². The van der Waals surface area contributed by atoms with Crippen LogP contribution in [0.25, 0.3) is 0 Å². The highest BCUT2D eigenvalue weighted by atomic mass is 16.1. The Morgan fingerprint density at radius 3 is 2.15 bits per heavy atom. The van der Waals surface area contributed by atoms with Gasteiger partial charge in [-0.15, -0.1) is 0 Å². The number of aromatic nitrogens is 2. The summed E-state index contributed by atoms with van der Waals surface area (Å²) in [6.07, 6.45) is 2.75. The SMILES string of the molecule is CC(=O)Nc1ncc(C(C)=O)cn1. The highest BCUT2D eigenvalue weighted by Gasteiger charge is 2.01. The van der Waals surface area contributed by atoms with E-state index >= 15 is 0 Å². The molecule has 1 amide bonds. The van der Waals surface area contributed by atoms with Crippen LogP contribution in [-0.4, -0.2) is 21.7 Å². The van der Waals surface area contributed by atoms with E-state index in [1.165, 1.54) is 26.2 Å². The van der Waals surface area contributed by atoms with Gasteiger partial charge in [-0.2, -0.15) is 0 Å². The molecule has 1 aromatic heterocycles. The molecule has 1 heterocycles. The number of hydrogen-bond donors (Lipinski definition) is 1. The van der Waals surface area contributed by atoms with Crippen molar-refractivity contribution in [1.29, 1.82) is 0 Å². The molecule has 5 heteroatoms. The Hall–Kier alpha value is -1.78. The third-order valence-electron chi connectivity index (χ3n) is 1.35. The van der Waals surface area contributed by atoms with Gasteiger partial charge in [0.05, 0.1) is 5.56 Å². The highest BCUT2D eigenvalue weighted by molar-refractivity contribution is 5.93. The van der Waals surface area contributed by atoms with E-state index in [1.54, 1.807) is 0 Å². The molecule has 0 atom stereocenters. The second-order valence-electron chi connectivity index (χ2n) is 2.53. The van der Waals surface area contributed by atoms with E-state index in [0.29, 0.717) is 5.56 Å². The lowest BCUT2D eigenvalue weighted by molar-refractivity contribution is -0.114. The maximum atomic E-state index is 10.8. The van der Waals surface area contributed by atoms with Crippen LogP contribution in [0.3, 0.4) is 0 Å². The van der Waals surface area contributed by atoms with Crippen molar-refractivity contribution in [3.05, 3.63) is 18.0 Å². The van der Waals surface area contributed by atoms with Crippen LogP contribution < -0.4 is 5.32 Å². The summed E-state index contributed by atoms with van der Waals surface area (Å²) in [7, 11) is 0. The molecule has 0 bridgehead atoms.